The fourth-order valence-electron chi connectivity index (χ4n) is 4.68. The van der Waals surface area contributed by atoms with Crippen LogP contribution in [0.4, 0.5) is 5.69 Å². The van der Waals surface area contributed by atoms with Crippen LogP contribution in [0.25, 0.3) is 17.4 Å². The number of nitro groups is 1. The number of nitrogens with zero attached hydrogens (tertiary/aromatic N) is 3. The first-order valence-electron chi connectivity index (χ1n) is 12.4. The number of rotatable bonds is 7. The molecule has 0 spiro atoms. The van der Waals surface area contributed by atoms with Crippen LogP contribution in [0, 0.1) is 17.0 Å². The molecule has 3 heterocycles. The molecule has 0 aliphatic carbocycles. The van der Waals surface area contributed by atoms with Gasteiger partial charge in [0.2, 0.25) is 0 Å². The molecule has 11 heteroatoms. The Labute approximate surface area is 232 Å². The number of thiazole rings is 1. The van der Waals surface area contributed by atoms with E-state index in [9.17, 15) is 19.7 Å². The van der Waals surface area contributed by atoms with E-state index in [1.807, 2.05) is 0 Å². The SMILES string of the molecule is CCOC(=O)C1=C(C)N=c2s/c(=C\c3ccc(-c4ccc(C)cc4[N+](=O)[O-])o3)c(=O)n2[C@H]1c1ccccc1OC. The van der Waals surface area contributed by atoms with E-state index in [1.54, 1.807) is 75.4 Å². The molecule has 10 nitrogen and oxygen atoms in total. The maximum Gasteiger partial charge on any atom is 0.338 e. The minimum atomic E-state index is -0.823. The van der Waals surface area contributed by atoms with Gasteiger partial charge in [0.05, 0.1) is 40.0 Å². The lowest BCUT2D eigenvalue weighted by Gasteiger charge is -2.25. The summed E-state index contributed by atoms with van der Waals surface area (Å²) >= 11 is 1.15. The molecule has 0 saturated carbocycles. The van der Waals surface area contributed by atoms with E-state index in [0.717, 1.165) is 16.9 Å². The first-order valence-corrected chi connectivity index (χ1v) is 13.2. The number of nitro benzene ring substituents is 1. The number of aryl methyl sites for hydroxylation is 1. The number of benzene rings is 2. The fraction of sp³-hybridized carbons (Fsp3) is 0.207. The standard InChI is InChI=1S/C29H25N3O7S/c1-5-38-28(34)25-17(3)30-29-31(26(25)20-8-6-7-9-22(20)37-4)27(33)24(40-29)15-18-11-13-23(39-18)19-12-10-16(2)14-21(19)32(35)36/h6-15,26H,5H2,1-4H3/b24-15-/t26-/m0/s1. The number of hydrogen-bond donors (Lipinski definition) is 0. The molecule has 40 heavy (non-hydrogen) atoms. The maximum absolute atomic E-state index is 13.8. The number of hydrogen-bond acceptors (Lipinski definition) is 9. The molecule has 0 fully saturated rings. The first kappa shape index (κ1) is 26.8. The second-order valence-corrected chi connectivity index (χ2v) is 10.0. The van der Waals surface area contributed by atoms with Crippen LogP contribution in [0.5, 0.6) is 5.75 Å². The predicted octanol–water partition coefficient (Wildman–Crippen LogP) is 4.28. The molecule has 204 valence electrons. The van der Waals surface area contributed by atoms with Crippen LogP contribution in [0.2, 0.25) is 0 Å². The van der Waals surface area contributed by atoms with Crippen LogP contribution in [-0.4, -0.2) is 29.2 Å². The van der Waals surface area contributed by atoms with E-state index in [2.05, 4.69) is 4.99 Å². The van der Waals surface area contributed by atoms with Gasteiger partial charge in [0.15, 0.2) is 4.80 Å². The Morgan fingerprint density at radius 2 is 1.98 bits per heavy atom. The number of aromatic nitrogens is 1. The second kappa shape index (κ2) is 10.8. The Bertz CT molecular complexity index is 1860. The molecule has 1 aliphatic heterocycles. The van der Waals surface area contributed by atoms with Crippen molar-refractivity contribution in [3.05, 3.63) is 113 Å². The van der Waals surface area contributed by atoms with Crippen LogP contribution in [0.1, 0.15) is 36.8 Å². The number of furan rings is 1. The van der Waals surface area contributed by atoms with Gasteiger partial charge in [-0.25, -0.2) is 9.79 Å². The fourth-order valence-corrected chi connectivity index (χ4v) is 5.71. The Hall–Kier alpha value is -4.77. The van der Waals surface area contributed by atoms with Crippen molar-refractivity contribution in [3.8, 4) is 17.1 Å². The van der Waals surface area contributed by atoms with Crippen molar-refractivity contribution in [2.24, 2.45) is 4.99 Å². The quantitative estimate of drug-likeness (QED) is 0.188. The first-order chi connectivity index (χ1) is 19.2. The third-order valence-electron chi connectivity index (χ3n) is 6.47. The summed E-state index contributed by atoms with van der Waals surface area (Å²) in [6.45, 7) is 5.36. The molecule has 0 N–H and O–H groups in total. The summed E-state index contributed by atoms with van der Waals surface area (Å²) in [5.41, 5.74) is 1.94. The van der Waals surface area contributed by atoms with Gasteiger partial charge in [0, 0.05) is 17.7 Å². The second-order valence-electron chi connectivity index (χ2n) is 9.02. The molecule has 0 saturated heterocycles. The number of carbonyl (C=O) groups excluding carboxylic acids is 1. The lowest BCUT2D eigenvalue weighted by atomic mass is 9.95. The number of carbonyl (C=O) groups is 1. The summed E-state index contributed by atoms with van der Waals surface area (Å²) in [5, 5.41) is 11.6. The van der Waals surface area contributed by atoms with Gasteiger partial charge in [-0.05, 0) is 50.6 Å². The smallest absolute Gasteiger partial charge is 0.338 e. The van der Waals surface area contributed by atoms with E-state index in [1.165, 1.54) is 17.7 Å². The number of methoxy groups -OCH3 is 1. The highest BCUT2D eigenvalue weighted by Crippen LogP contribution is 2.36. The zero-order chi connectivity index (χ0) is 28.6. The molecule has 0 radical (unpaired) electrons. The molecule has 1 aliphatic rings. The molecule has 1 atom stereocenters. The Morgan fingerprint density at radius 3 is 2.70 bits per heavy atom. The average Bonchev–Trinajstić information content (AvgIpc) is 3.52. The Morgan fingerprint density at radius 1 is 1.20 bits per heavy atom. The van der Waals surface area contributed by atoms with Crippen LogP contribution in [0.3, 0.4) is 0 Å². The van der Waals surface area contributed by atoms with E-state index in [4.69, 9.17) is 13.9 Å². The summed E-state index contributed by atoms with van der Waals surface area (Å²) in [5.74, 6) is 0.585. The van der Waals surface area contributed by atoms with Gasteiger partial charge in [0.25, 0.3) is 11.2 Å². The van der Waals surface area contributed by atoms with Crippen molar-refractivity contribution in [2.45, 2.75) is 26.8 Å². The van der Waals surface area contributed by atoms with Crippen LogP contribution < -0.4 is 19.6 Å². The summed E-state index contributed by atoms with van der Waals surface area (Å²) in [7, 11) is 1.52. The van der Waals surface area contributed by atoms with Crippen molar-refractivity contribution in [1.29, 1.82) is 0 Å². The van der Waals surface area contributed by atoms with Crippen molar-refractivity contribution in [1.82, 2.24) is 4.57 Å². The third kappa shape index (κ3) is 4.75. The molecule has 0 unspecified atom stereocenters. The highest BCUT2D eigenvalue weighted by atomic mass is 32.1. The van der Waals surface area contributed by atoms with Crippen molar-refractivity contribution < 1.29 is 23.6 Å². The minimum absolute atomic E-state index is 0.0703. The van der Waals surface area contributed by atoms with Crippen LogP contribution >= 0.6 is 11.3 Å². The predicted molar refractivity (Wildman–Crippen MR) is 149 cm³/mol. The van der Waals surface area contributed by atoms with E-state index >= 15 is 0 Å². The molecule has 0 bridgehead atoms. The number of esters is 1. The zero-order valence-electron chi connectivity index (χ0n) is 22.2. The third-order valence-corrected chi connectivity index (χ3v) is 7.45. The zero-order valence-corrected chi connectivity index (χ0v) is 23.0. The van der Waals surface area contributed by atoms with Gasteiger partial charge in [-0.1, -0.05) is 35.6 Å². The highest BCUT2D eigenvalue weighted by Gasteiger charge is 2.35. The summed E-state index contributed by atoms with van der Waals surface area (Å²) in [6, 6.07) is 14.5. The number of para-hydroxylation sites is 1. The van der Waals surface area contributed by atoms with Gasteiger partial charge in [0.1, 0.15) is 23.3 Å². The molecular weight excluding hydrogens is 534 g/mol. The van der Waals surface area contributed by atoms with E-state index < -0.39 is 16.9 Å². The van der Waals surface area contributed by atoms with Gasteiger partial charge < -0.3 is 13.9 Å². The number of allylic oxidation sites excluding steroid dienone is 1. The summed E-state index contributed by atoms with van der Waals surface area (Å²) < 4.78 is 18.6. The summed E-state index contributed by atoms with van der Waals surface area (Å²) in [4.78, 5) is 43.0. The van der Waals surface area contributed by atoms with Gasteiger partial charge in [-0.15, -0.1) is 0 Å². The minimum Gasteiger partial charge on any atom is -0.496 e. The average molecular weight is 560 g/mol. The maximum atomic E-state index is 13.8. The van der Waals surface area contributed by atoms with Gasteiger partial charge in [-0.3, -0.25) is 19.5 Å². The van der Waals surface area contributed by atoms with Gasteiger partial charge in [-0.2, -0.15) is 0 Å². The number of fused-ring (bicyclic) bond motifs is 1. The van der Waals surface area contributed by atoms with E-state index in [-0.39, 0.29) is 23.4 Å². The van der Waals surface area contributed by atoms with Gasteiger partial charge >= 0.3 is 5.97 Å². The molecular formula is C29H25N3O7S. The van der Waals surface area contributed by atoms with E-state index in [0.29, 0.717) is 43.4 Å². The molecule has 5 rings (SSSR count). The molecule has 4 aromatic rings. The Kier molecular flexibility index (Phi) is 7.22. The van der Waals surface area contributed by atoms with Crippen molar-refractivity contribution in [2.75, 3.05) is 13.7 Å². The largest absolute Gasteiger partial charge is 0.496 e. The van der Waals surface area contributed by atoms with Crippen molar-refractivity contribution in [3.63, 3.8) is 0 Å². The Balaban J connectivity index is 1.66. The highest BCUT2D eigenvalue weighted by molar-refractivity contribution is 7.07. The number of ether oxygens (including phenoxy) is 2. The topological polar surface area (TPSA) is 126 Å². The molecule has 2 aromatic heterocycles. The van der Waals surface area contributed by atoms with Crippen LogP contribution in [-0.2, 0) is 9.53 Å². The molecule has 0 amide bonds. The lowest BCUT2D eigenvalue weighted by Crippen LogP contribution is -2.40. The van der Waals surface area contributed by atoms with Crippen molar-refractivity contribution >= 4 is 29.1 Å². The lowest BCUT2D eigenvalue weighted by molar-refractivity contribution is -0.384. The normalized spacial score (nSPS) is 15.0. The summed E-state index contributed by atoms with van der Waals surface area (Å²) in [6.07, 6.45) is 1.57. The van der Waals surface area contributed by atoms with Crippen LogP contribution in [0.15, 0.2) is 80.1 Å². The monoisotopic (exact) mass is 559 g/mol. The molecule has 2 aromatic carbocycles.